The van der Waals surface area contributed by atoms with Crippen LogP contribution in [-0.4, -0.2) is 62.8 Å². The molecule has 2 aromatic rings. The molecule has 166 valence electrons. The predicted octanol–water partition coefficient (Wildman–Crippen LogP) is 3.74. The quantitative estimate of drug-likeness (QED) is 0.666. The van der Waals surface area contributed by atoms with Gasteiger partial charge in [-0.1, -0.05) is 29.3 Å². The maximum Gasteiger partial charge on any atom is 0.243 e. The number of benzene rings is 2. The van der Waals surface area contributed by atoms with Crippen molar-refractivity contribution in [3.05, 3.63) is 58.6 Å². The number of carbonyl (C=O) groups excluding carboxylic acids is 1. The third-order valence-electron chi connectivity index (χ3n) is 6.02. The number of nitrogens with zero attached hydrogens (tertiary/aromatic N) is 3. The van der Waals surface area contributed by atoms with Gasteiger partial charge in [0.25, 0.3) is 0 Å². The molecule has 4 rings (SSSR count). The van der Waals surface area contributed by atoms with E-state index in [1.54, 1.807) is 12.1 Å². The Labute approximate surface area is 193 Å². The van der Waals surface area contributed by atoms with Gasteiger partial charge in [-0.3, -0.25) is 4.79 Å². The molecule has 2 aliphatic rings. The molecule has 1 amide bonds. The van der Waals surface area contributed by atoms with E-state index in [9.17, 15) is 13.2 Å². The molecular formula is C22H25Cl2N3O3S. The molecule has 6 nitrogen and oxygen atoms in total. The van der Waals surface area contributed by atoms with Crippen molar-refractivity contribution in [2.45, 2.75) is 17.7 Å². The largest absolute Gasteiger partial charge is 0.368 e. The van der Waals surface area contributed by atoms with E-state index in [2.05, 4.69) is 4.90 Å². The Morgan fingerprint density at radius 3 is 2.10 bits per heavy atom. The number of hydrogen-bond donors (Lipinski definition) is 0. The summed E-state index contributed by atoms with van der Waals surface area (Å²) in [6.07, 6.45) is 1.08. The summed E-state index contributed by atoms with van der Waals surface area (Å²) in [6.45, 7) is 3.54. The minimum absolute atomic E-state index is 0.130. The number of piperidine rings is 1. The van der Waals surface area contributed by atoms with Crippen LogP contribution in [-0.2, 0) is 14.8 Å². The van der Waals surface area contributed by atoms with E-state index in [-0.39, 0.29) is 16.7 Å². The van der Waals surface area contributed by atoms with Crippen molar-refractivity contribution in [2.75, 3.05) is 44.2 Å². The topological polar surface area (TPSA) is 60.9 Å². The summed E-state index contributed by atoms with van der Waals surface area (Å²) < 4.78 is 27.2. The van der Waals surface area contributed by atoms with Crippen molar-refractivity contribution in [1.29, 1.82) is 0 Å². The Bertz CT molecular complexity index is 1030. The predicted molar refractivity (Wildman–Crippen MR) is 123 cm³/mol. The van der Waals surface area contributed by atoms with Crippen LogP contribution in [0, 0.1) is 5.92 Å². The average molecular weight is 482 g/mol. The van der Waals surface area contributed by atoms with Gasteiger partial charge in [0.15, 0.2) is 0 Å². The van der Waals surface area contributed by atoms with E-state index in [1.807, 2.05) is 29.2 Å². The van der Waals surface area contributed by atoms with Gasteiger partial charge in [-0.15, -0.1) is 0 Å². The Balaban J connectivity index is 1.31. The summed E-state index contributed by atoms with van der Waals surface area (Å²) >= 11 is 12.0. The molecule has 9 heteroatoms. The van der Waals surface area contributed by atoms with Crippen LogP contribution in [0.2, 0.25) is 10.0 Å². The molecule has 0 N–H and O–H groups in total. The number of hydrogen-bond acceptors (Lipinski definition) is 4. The number of carbonyl (C=O) groups is 1. The van der Waals surface area contributed by atoms with Gasteiger partial charge in [0.1, 0.15) is 0 Å². The van der Waals surface area contributed by atoms with Crippen molar-refractivity contribution < 1.29 is 13.2 Å². The zero-order chi connectivity index (χ0) is 22.0. The molecule has 2 aromatic carbocycles. The second kappa shape index (κ2) is 9.36. The highest BCUT2D eigenvalue weighted by Gasteiger charge is 2.34. The smallest absolute Gasteiger partial charge is 0.243 e. The fraction of sp³-hybridized carbons (Fsp3) is 0.409. The lowest BCUT2D eigenvalue weighted by Crippen LogP contribution is -2.52. The van der Waals surface area contributed by atoms with Crippen LogP contribution in [0.5, 0.6) is 0 Å². The maximum absolute atomic E-state index is 13.0. The van der Waals surface area contributed by atoms with E-state index in [4.69, 9.17) is 23.2 Å². The molecule has 0 saturated carbocycles. The summed E-state index contributed by atoms with van der Waals surface area (Å²) in [7, 11) is -3.56. The second-order valence-electron chi connectivity index (χ2n) is 7.92. The van der Waals surface area contributed by atoms with E-state index in [0.29, 0.717) is 49.1 Å². The molecule has 0 aliphatic carbocycles. The molecule has 2 saturated heterocycles. The van der Waals surface area contributed by atoms with E-state index in [0.717, 1.165) is 18.8 Å². The Morgan fingerprint density at radius 1 is 0.839 bits per heavy atom. The number of anilines is 1. The van der Waals surface area contributed by atoms with E-state index < -0.39 is 10.0 Å². The van der Waals surface area contributed by atoms with Gasteiger partial charge >= 0.3 is 0 Å². The molecule has 0 unspecified atom stereocenters. The molecule has 0 spiro atoms. The van der Waals surface area contributed by atoms with E-state index in [1.165, 1.54) is 16.4 Å². The second-order valence-corrected chi connectivity index (χ2v) is 10.7. The van der Waals surface area contributed by atoms with E-state index >= 15 is 0 Å². The number of halogens is 2. The zero-order valence-corrected chi connectivity index (χ0v) is 19.4. The van der Waals surface area contributed by atoms with Crippen molar-refractivity contribution in [1.82, 2.24) is 9.21 Å². The first kappa shape index (κ1) is 22.4. The van der Waals surface area contributed by atoms with Gasteiger partial charge in [-0.25, -0.2) is 8.42 Å². The van der Waals surface area contributed by atoms with Crippen molar-refractivity contribution >= 4 is 44.8 Å². The van der Waals surface area contributed by atoms with Crippen LogP contribution < -0.4 is 4.90 Å². The summed E-state index contributed by atoms with van der Waals surface area (Å²) in [5.74, 6) is 0.00340. The van der Waals surface area contributed by atoms with Crippen LogP contribution in [0.15, 0.2) is 53.4 Å². The van der Waals surface area contributed by atoms with Crippen molar-refractivity contribution in [3.63, 3.8) is 0 Å². The molecule has 2 aliphatic heterocycles. The monoisotopic (exact) mass is 481 g/mol. The summed E-state index contributed by atoms with van der Waals surface area (Å²) in [5.41, 5.74) is 1.07. The maximum atomic E-state index is 13.0. The molecule has 0 atom stereocenters. The lowest BCUT2D eigenvalue weighted by atomic mass is 9.96. The van der Waals surface area contributed by atoms with Crippen LogP contribution >= 0.6 is 23.2 Å². The number of rotatable bonds is 4. The van der Waals surface area contributed by atoms with Gasteiger partial charge in [0, 0.05) is 60.9 Å². The fourth-order valence-electron chi connectivity index (χ4n) is 4.21. The summed E-state index contributed by atoms with van der Waals surface area (Å²) in [5, 5.41) is 1.20. The third-order valence-corrected chi connectivity index (χ3v) is 8.42. The lowest BCUT2D eigenvalue weighted by molar-refractivity contribution is -0.137. The van der Waals surface area contributed by atoms with Gasteiger partial charge in [0.05, 0.1) is 4.90 Å². The third kappa shape index (κ3) is 5.00. The van der Waals surface area contributed by atoms with Gasteiger partial charge in [-0.2, -0.15) is 4.31 Å². The Hall–Kier alpha value is -1.80. The number of piperazine rings is 1. The number of amides is 1. The lowest BCUT2D eigenvalue weighted by Gasteiger charge is -2.39. The van der Waals surface area contributed by atoms with Crippen LogP contribution in [0.25, 0.3) is 0 Å². The molecule has 0 bridgehead atoms. The van der Waals surface area contributed by atoms with Crippen LogP contribution in [0.3, 0.4) is 0 Å². The standard InChI is InChI=1S/C22H25Cl2N3O3S/c23-18-4-6-21(7-5-18)31(29,30)27-10-8-17(9-11-27)22(28)26-14-12-25(13-15-26)20-3-1-2-19(24)16-20/h1-7,16-17H,8-15H2. The van der Waals surface area contributed by atoms with Gasteiger partial charge < -0.3 is 9.80 Å². The highest BCUT2D eigenvalue weighted by atomic mass is 35.5. The first-order valence-corrected chi connectivity index (χ1v) is 12.6. The normalized spacial score (nSPS) is 18.9. The highest BCUT2D eigenvalue weighted by molar-refractivity contribution is 7.89. The summed E-state index contributed by atoms with van der Waals surface area (Å²) in [4.78, 5) is 17.4. The Kier molecular flexibility index (Phi) is 6.77. The SMILES string of the molecule is O=C(C1CCN(S(=O)(=O)c2ccc(Cl)cc2)CC1)N1CCN(c2cccc(Cl)c2)CC1. The summed E-state index contributed by atoms with van der Waals surface area (Å²) in [6, 6.07) is 14.0. The minimum Gasteiger partial charge on any atom is -0.368 e. The minimum atomic E-state index is -3.56. The molecule has 0 radical (unpaired) electrons. The fourth-order valence-corrected chi connectivity index (χ4v) is 6.00. The number of sulfonamides is 1. The first-order chi connectivity index (χ1) is 14.8. The van der Waals surface area contributed by atoms with Crippen molar-refractivity contribution in [2.24, 2.45) is 5.92 Å². The highest BCUT2D eigenvalue weighted by Crippen LogP contribution is 2.27. The van der Waals surface area contributed by atoms with Gasteiger partial charge in [-0.05, 0) is 55.3 Å². The Morgan fingerprint density at radius 2 is 1.48 bits per heavy atom. The zero-order valence-electron chi connectivity index (χ0n) is 17.1. The molecule has 31 heavy (non-hydrogen) atoms. The molecule has 2 fully saturated rings. The molecular weight excluding hydrogens is 457 g/mol. The molecule has 2 heterocycles. The average Bonchev–Trinajstić information content (AvgIpc) is 2.79. The van der Waals surface area contributed by atoms with Gasteiger partial charge in [0.2, 0.25) is 15.9 Å². The van der Waals surface area contributed by atoms with Crippen molar-refractivity contribution in [3.8, 4) is 0 Å². The van der Waals surface area contributed by atoms with Crippen LogP contribution in [0.1, 0.15) is 12.8 Å². The van der Waals surface area contributed by atoms with Crippen LogP contribution in [0.4, 0.5) is 5.69 Å². The first-order valence-electron chi connectivity index (χ1n) is 10.4. The molecule has 0 aromatic heterocycles.